The number of anilines is 1. The van der Waals surface area contributed by atoms with Gasteiger partial charge in [0.05, 0.1) is 10.7 Å². The number of hydrogen-bond acceptors (Lipinski definition) is 4. The number of hydrazine groups is 1. The number of nitrogens with one attached hydrogen (secondary N) is 4. The Labute approximate surface area is 144 Å². The van der Waals surface area contributed by atoms with E-state index in [-0.39, 0.29) is 10.9 Å². The van der Waals surface area contributed by atoms with Gasteiger partial charge in [0.15, 0.2) is 0 Å². The molecule has 0 saturated heterocycles. The lowest BCUT2D eigenvalue weighted by Crippen LogP contribution is -2.50. The molecule has 1 atom stereocenters. The van der Waals surface area contributed by atoms with Gasteiger partial charge in [-0.3, -0.25) is 25.2 Å². The molecule has 1 rings (SSSR count). The Morgan fingerprint density at radius 3 is 2.48 bits per heavy atom. The van der Waals surface area contributed by atoms with Gasteiger partial charge in [0, 0.05) is 11.6 Å². The molecule has 0 fully saturated rings. The zero-order chi connectivity index (χ0) is 17.4. The van der Waals surface area contributed by atoms with Crippen LogP contribution in [0.3, 0.4) is 0 Å². The third-order valence-corrected chi connectivity index (χ3v) is 3.29. The number of rotatable bonds is 6. The highest BCUT2D eigenvalue weighted by molar-refractivity contribution is 6.37. The summed E-state index contributed by atoms with van der Waals surface area (Å²) in [5.74, 6) is -2.26. The Balaban J connectivity index is 2.47. The topological polar surface area (TPSA) is 99.3 Å². The van der Waals surface area contributed by atoms with Crippen molar-refractivity contribution in [1.82, 2.24) is 16.1 Å². The largest absolute Gasteiger partial charge is 0.354 e. The van der Waals surface area contributed by atoms with Gasteiger partial charge in [-0.05, 0) is 31.5 Å². The third-order valence-electron chi connectivity index (χ3n) is 2.74. The maximum Gasteiger partial charge on any atom is 0.327 e. The molecule has 0 aliphatic rings. The Morgan fingerprint density at radius 2 is 1.87 bits per heavy atom. The normalized spacial score (nSPS) is 11.3. The van der Waals surface area contributed by atoms with E-state index in [1.165, 1.54) is 13.0 Å². The number of halogens is 2. The first-order valence-corrected chi connectivity index (χ1v) is 7.70. The first kappa shape index (κ1) is 19.1. The second-order valence-electron chi connectivity index (χ2n) is 4.69. The van der Waals surface area contributed by atoms with Crippen LogP contribution in [-0.2, 0) is 14.4 Å². The summed E-state index contributed by atoms with van der Waals surface area (Å²) < 4.78 is 0. The Morgan fingerprint density at radius 1 is 1.17 bits per heavy atom. The molecule has 23 heavy (non-hydrogen) atoms. The van der Waals surface area contributed by atoms with E-state index >= 15 is 0 Å². The van der Waals surface area contributed by atoms with Gasteiger partial charge in [-0.25, -0.2) is 0 Å². The van der Waals surface area contributed by atoms with Crippen LogP contribution >= 0.6 is 23.2 Å². The Kier molecular flexibility index (Phi) is 7.64. The van der Waals surface area contributed by atoms with Crippen LogP contribution in [0.4, 0.5) is 5.69 Å². The molecule has 0 spiro atoms. The average molecular weight is 361 g/mol. The maximum atomic E-state index is 11.7. The fourth-order valence-corrected chi connectivity index (χ4v) is 1.96. The number of amides is 3. The van der Waals surface area contributed by atoms with E-state index in [1.807, 2.05) is 6.92 Å². The van der Waals surface area contributed by atoms with Gasteiger partial charge >= 0.3 is 11.8 Å². The first-order valence-electron chi connectivity index (χ1n) is 6.94. The zero-order valence-corrected chi connectivity index (χ0v) is 14.2. The Hall–Kier alpha value is -1.99. The highest BCUT2D eigenvalue weighted by Crippen LogP contribution is 2.24. The van der Waals surface area contributed by atoms with Gasteiger partial charge in [0.2, 0.25) is 5.91 Å². The highest BCUT2D eigenvalue weighted by atomic mass is 35.5. The summed E-state index contributed by atoms with van der Waals surface area (Å²) in [4.78, 5) is 35.0. The molecule has 0 heterocycles. The van der Waals surface area contributed by atoms with Gasteiger partial charge in [0.1, 0.15) is 6.04 Å². The molecule has 1 aromatic carbocycles. The van der Waals surface area contributed by atoms with Gasteiger partial charge in [0.25, 0.3) is 0 Å². The van der Waals surface area contributed by atoms with Gasteiger partial charge < -0.3 is 10.6 Å². The molecule has 9 heteroatoms. The molecule has 0 saturated carbocycles. The minimum absolute atomic E-state index is 0.283. The second-order valence-corrected chi connectivity index (χ2v) is 5.53. The van der Waals surface area contributed by atoms with Gasteiger partial charge in [-0.15, -0.1) is 0 Å². The lowest BCUT2D eigenvalue weighted by Gasteiger charge is -2.14. The molecule has 126 valence electrons. The minimum atomic E-state index is -0.953. The van der Waals surface area contributed by atoms with Crippen molar-refractivity contribution in [3.8, 4) is 0 Å². The smallest absolute Gasteiger partial charge is 0.327 e. The predicted octanol–water partition coefficient (Wildman–Crippen LogP) is 1.47. The average Bonchev–Trinajstić information content (AvgIpc) is 2.51. The minimum Gasteiger partial charge on any atom is -0.354 e. The van der Waals surface area contributed by atoms with E-state index in [9.17, 15) is 14.4 Å². The standard InChI is InChI=1S/C14H18Cl2N4O3/c1-3-6-17-12(21)8(2)18-13(22)14(23)20-19-11-5-4-9(15)7-10(11)16/h4-5,7-8,19H,3,6H2,1-2H3,(H,17,21)(H,18,22)(H,20,23). The van der Waals surface area contributed by atoms with E-state index in [2.05, 4.69) is 21.5 Å². The van der Waals surface area contributed by atoms with Crippen molar-refractivity contribution >= 4 is 46.6 Å². The SMILES string of the molecule is CCCNC(=O)C(C)NC(=O)C(=O)NNc1ccc(Cl)cc1Cl. The maximum absolute atomic E-state index is 11.7. The fraction of sp³-hybridized carbons (Fsp3) is 0.357. The van der Waals surface area contributed by atoms with Crippen molar-refractivity contribution in [2.45, 2.75) is 26.3 Å². The molecule has 1 aromatic rings. The van der Waals surface area contributed by atoms with Gasteiger partial charge in [-0.1, -0.05) is 30.1 Å². The number of carbonyl (C=O) groups excluding carboxylic acids is 3. The van der Waals surface area contributed by atoms with Crippen LogP contribution in [0.2, 0.25) is 10.0 Å². The summed E-state index contributed by atoms with van der Waals surface area (Å²) in [6.45, 7) is 3.89. The van der Waals surface area contributed by atoms with Crippen molar-refractivity contribution in [2.24, 2.45) is 0 Å². The van der Waals surface area contributed by atoms with Crippen molar-refractivity contribution in [3.05, 3.63) is 28.2 Å². The molecule has 0 aromatic heterocycles. The predicted molar refractivity (Wildman–Crippen MR) is 89.1 cm³/mol. The van der Waals surface area contributed by atoms with E-state index in [0.717, 1.165) is 6.42 Å². The lowest BCUT2D eigenvalue weighted by molar-refractivity contribution is -0.140. The summed E-state index contributed by atoms with van der Waals surface area (Å²) in [5.41, 5.74) is 5.07. The second kappa shape index (κ2) is 9.22. The highest BCUT2D eigenvalue weighted by Gasteiger charge is 2.20. The Bertz CT molecular complexity index is 595. The van der Waals surface area contributed by atoms with Crippen LogP contribution < -0.4 is 21.5 Å². The number of benzene rings is 1. The van der Waals surface area contributed by atoms with E-state index in [0.29, 0.717) is 17.3 Å². The molecule has 0 radical (unpaired) electrons. The molecule has 4 N–H and O–H groups in total. The summed E-state index contributed by atoms with van der Waals surface area (Å²) >= 11 is 11.7. The monoisotopic (exact) mass is 360 g/mol. The van der Waals surface area contributed by atoms with Crippen LogP contribution in [0.5, 0.6) is 0 Å². The molecular formula is C14H18Cl2N4O3. The van der Waals surface area contributed by atoms with Crippen LogP contribution in [-0.4, -0.2) is 30.3 Å². The van der Waals surface area contributed by atoms with Crippen molar-refractivity contribution < 1.29 is 14.4 Å². The summed E-state index contributed by atoms with van der Waals surface area (Å²) in [6, 6.07) is 3.78. The molecule has 0 bridgehead atoms. The van der Waals surface area contributed by atoms with Crippen molar-refractivity contribution in [2.75, 3.05) is 12.0 Å². The first-order chi connectivity index (χ1) is 10.8. The quantitative estimate of drug-likeness (QED) is 0.455. The molecule has 7 nitrogen and oxygen atoms in total. The third kappa shape index (κ3) is 6.33. The summed E-state index contributed by atoms with van der Waals surface area (Å²) in [7, 11) is 0. The van der Waals surface area contributed by atoms with Crippen LogP contribution in [0.25, 0.3) is 0 Å². The number of carbonyl (C=O) groups is 3. The fourth-order valence-electron chi connectivity index (χ4n) is 1.50. The molecule has 0 aliphatic carbocycles. The van der Waals surface area contributed by atoms with Crippen molar-refractivity contribution in [1.29, 1.82) is 0 Å². The van der Waals surface area contributed by atoms with E-state index < -0.39 is 17.9 Å². The van der Waals surface area contributed by atoms with Crippen LogP contribution in [0, 0.1) is 0 Å². The van der Waals surface area contributed by atoms with Crippen LogP contribution in [0.1, 0.15) is 20.3 Å². The zero-order valence-electron chi connectivity index (χ0n) is 12.7. The van der Waals surface area contributed by atoms with Gasteiger partial charge in [-0.2, -0.15) is 0 Å². The lowest BCUT2D eigenvalue weighted by atomic mass is 10.3. The van der Waals surface area contributed by atoms with Crippen LogP contribution in [0.15, 0.2) is 18.2 Å². The molecular weight excluding hydrogens is 343 g/mol. The molecule has 3 amide bonds. The van der Waals surface area contributed by atoms with E-state index in [1.54, 1.807) is 12.1 Å². The summed E-state index contributed by atoms with van der Waals surface area (Å²) in [5, 5.41) is 5.63. The summed E-state index contributed by atoms with van der Waals surface area (Å²) in [6.07, 6.45) is 0.776. The molecule has 1 unspecified atom stereocenters. The molecule has 0 aliphatic heterocycles. The number of hydrogen-bond donors (Lipinski definition) is 4. The van der Waals surface area contributed by atoms with Crippen molar-refractivity contribution in [3.63, 3.8) is 0 Å². The van der Waals surface area contributed by atoms with E-state index in [4.69, 9.17) is 23.2 Å².